The molecule has 0 aliphatic carbocycles. The third-order valence-corrected chi connectivity index (χ3v) is 7.71. The van der Waals surface area contributed by atoms with E-state index in [1.807, 2.05) is 31.2 Å². The molecular formula is C23H28N4O3S. The minimum Gasteiger partial charge on any atom is -0.352 e. The average molecular weight is 441 g/mol. The highest BCUT2D eigenvalue weighted by molar-refractivity contribution is 7.89. The van der Waals surface area contributed by atoms with E-state index in [2.05, 4.69) is 14.9 Å². The van der Waals surface area contributed by atoms with Crippen molar-refractivity contribution in [2.75, 3.05) is 19.6 Å². The molecule has 1 amide bonds. The lowest BCUT2D eigenvalue weighted by molar-refractivity contribution is 0.0949. The van der Waals surface area contributed by atoms with Gasteiger partial charge in [-0.05, 0) is 50.5 Å². The standard InChI is InChI=1S/C23H28N4O3S/c1-18-25-20-11-4-5-12-21(20)27(18)17-9-14-24-23(28)19-10-3-6-13-22(19)31(29,30)26-15-7-2-8-16-26/h3-6,10-13H,2,7-9,14-17H2,1H3,(H,24,28). The third-order valence-electron chi connectivity index (χ3n) is 5.75. The Labute approximate surface area is 183 Å². The maximum atomic E-state index is 13.1. The van der Waals surface area contributed by atoms with Crippen LogP contribution in [0.5, 0.6) is 0 Å². The van der Waals surface area contributed by atoms with Gasteiger partial charge in [0.1, 0.15) is 5.82 Å². The number of para-hydroxylation sites is 2. The monoisotopic (exact) mass is 440 g/mol. The number of nitrogens with zero attached hydrogens (tertiary/aromatic N) is 3. The van der Waals surface area contributed by atoms with Crippen molar-refractivity contribution >= 4 is 27.0 Å². The second-order valence-electron chi connectivity index (χ2n) is 7.87. The van der Waals surface area contributed by atoms with Crippen LogP contribution >= 0.6 is 0 Å². The molecule has 1 aliphatic rings. The van der Waals surface area contributed by atoms with Gasteiger partial charge < -0.3 is 9.88 Å². The van der Waals surface area contributed by atoms with Gasteiger partial charge in [0.2, 0.25) is 10.0 Å². The second-order valence-corrected chi connectivity index (χ2v) is 9.78. The van der Waals surface area contributed by atoms with E-state index in [1.54, 1.807) is 18.2 Å². The van der Waals surface area contributed by atoms with Crippen LogP contribution < -0.4 is 5.32 Å². The number of nitrogens with one attached hydrogen (secondary N) is 1. The molecule has 1 saturated heterocycles. The Hall–Kier alpha value is -2.71. The number of carbonyl (C=O) groups is 1. The van der Waals surface area contributed by atoms with Crippen molar-refractivity contribution in [2.24, 2.45) is 0 Å². The van der Waals surface area contributed by atoms with Crippen LogP contribution in [0.25, 0.3) is 11.0 Å². The smallest absolute Gasteiger partial charge is 0.252 e. The largest absolute Gasteiger partial charge is 0.352 e. The summed E-state index contributed by atoms with van der Waals surface area (Å²) in [4.78, 5) is 17.5. The Kier molecular flexibility index (Phi) is 6.38. The molecule has 3 aromatic rings. The first kappa shape index (κ1) is 21.5. The Bertz CT molecular complexity index is 1180. The molecule has 0 radical (unpaired) electrons. The number of hydrogen-bond donors (Lipinski definition) is 1. The summed E-state index contributed by atoms with van der Waals surface area (Å²) in [5.74, 6) is 0.578. The van der Waals surface area contributed by atoms with Gasteiger partial charge in [-0.2, -0.15) is 4.31 Å². The first-order valence-electron chi connectivity index (χ1n) is 10.8. The van der Waals surface area contributed by atoms with Gasteiger partial charge in [-0.25, -0.2) is 13.4 Å². The zero-order valence-electron chi connectivity index (χ0n) is 17.8. The Balaban J connectivity index is 1.42. The van der Waals surface area contributed by atoms with E-state index in [0.29, 0.717) is 26.1 Å². The predicted molar refractivity (Wildman–Crippen MR) is 120 cm³/mol. The molecular weight excluding hydrogens is 412 g/mol. The molecule has 2 heterocycles. The summed E-state index contributed by atoms with van der Waals surface area (Å²) in [6.45, 7) is 4.16. The van der Waals surface area contributed by atoms with Crippen LogP contribution in [0.4, 0.5) is 0 Å². The number of sulfonamides is 1. The summed E-state index contributed by atoms with van der Waals surface area (Å²) in [5.41, 5.74) is 2.24. The lowest BCUT2D eigenvalue weighted by Gasteiger charge is -2.26. The first-order valence-corrected chi connectivity index (χ1v) is 12.2. The van der Waals surface area contributed by atoms with Crippen LogP contribution in [0, 0.1) is 6.92 Å². The molecule has 0 saturated carbocycles. The van der Waals surface area contributed by atoms with E-state index in [-0.39, 0.29) is 16.4 Å². The number of amides is 1. The number of benzene rings is 2. The van der Waals surface area contributed by atoms with Gasteiger partial charge >= 0.3 is 0 Å². The van der Waals surface area contributed by atoms with Crippen molar-refractivity contribution < 1.29 is 13.2 Å². The molecule has 4 rings (SSSR count). The number of hydrogen-bond acceptors (Lipinski definition) is 4. The van der Waals surface area contributed by atoms with E-state index < -0.39 is 10.0 Å². The molecule has 7 nitrogen and oxygen atoms in total. The van der Waals surface area contributed by atoms with Gasteiger partial charge in [-0.3, -0.25) is 4.79 Å². The summed E-state index contributed by atoms with van der Waals surface area (Å²) >= 11 is 0. The van der Waals surface area contributed by atoms with Crippen LogP contribution in [0.3, 0.4) is 0 Å². The summed E-state index contributed by atoms with van der Waals surface area (Å²) in [6, 6.07) is 14.5. The second kappa shape index (κ2) is 9.20. The number of aryl methyl sites for hydroxylation is 2. The third kappa shape index (κ3) is 4.50. The topological polar surface area (TPSA) is 84.3 Å². The number of carbonyl (C=O) groups excluding carboxylic acids is 1. The van der Waals surface area contributed by atoms with Gasteiger partial charge in [0.15, 0.2) is 0 Å². The number of fused-ring (bicyclic) bond motifs is 1. The highest BCUT2D eigenvalue weighted by atomic mass is 32.2. The lowest BCUT2D eigenvalue weighted by Crippen LogP contribution is -2.37. The van der Waals surface area contributed by atoms with Crippen molar-refractivity contribution in [1.29, 1.82) is 0 Å². The molecule has 0 bridgehead atoms. The van der Waals surface area contributed by atoms with Gasteiger partial charge in [0, 0.05) is 26.2 Å². The minimum atomic E-state index is -3.67. The highest BCUT2D eigenvalue weighted by Gasteiger charge is 2.29. The highest BCUT2D eigenvalue weighted by Crippen LogP contribution is 2.23. The van der Waals surface area contributed by atoms with Crippen LogP contribution in [0.2, 0.25) is 0 Å². The summed E-state index contributed by atoms with van der Waals surface area (Å²) in [6.07, 6.45) is 3.47. The molecule has 0 unspecified atom stereocenters. The van der Waals surface area contributed by atoms with E-state index in [4.69, 9.17) is 0 Å². The van der Waals surface area contributed by atoms with E-state index in [0.717, 1.165) is 42.7 Å². The molecule has 0 atom stereocenters. The van der Waals surface area contributed by atoms with Crippen LogP contribution in [-0.4, -0.2) is 47.8 Å². The van der Waals surface area contributed by atoms with Crippen molar-refractivity contribution in [3.8, 4) is 0 Å². The van der Waals surface area contributed by atoms with Gasteiger partial charge in [0.25, 0.3) is 5.91 Å². The normalized spacial score (nSPS) is 15.3. The van der Waals surface area contributed by atoms with Crippen LogP contribution in [0.1, 0.15) is 41.9 Å². The number of rotatable bonds is 7. The van der Waals surface area contributed by atoms with Gasteiger partial charge in [-0.1, -0.05) is 30.7 Å². The molecule has 8 heteroatoms. The molecule has 1 N–H and O–H groups in total. The first-order chi connectivity index (χ1) is 15.0. The van der Waals surface area contributed by atoms with Crippen molar-refractivity contribution in [2.45, 2.75) is 44.0 Å². The van der Waals surface area contributed by atoms with Crippen molar-refractivity contribution in [3.05, 3.63) is 59.9 Å². The average Bonchev–Trinajstić information content (AvgIpc) is 3.12. The van der Waals surface area contributed by atoms with E-state index in [1.165, 1.54) is 10.4 Å². The fourth-order valence-electron chi connectivity index (χ4n) is 4.14. The molecule has 1 fully saturated rings. The van der Waals surface area contributed by atoms with E-state index >= 15 is 0 Å². The quantitative estimate of drug-likeness (QED) is 0.571. The van der Waals surface area contributed by atoms with Crippen molar-refractivity contribution in [1.82, 2.24) is 19.2 Å². The summed E-state index contributed by atoms with van der Waals surface area (Å²) in [5, 5.41) is 2.89. The fraction of sp³-hybridized carbons (Fsp3) is 0.391. The van der Waals surface area contributed by atoms with Crippen LogP contribution in [0.15, 0.2) is 53.4 Å². The minimum absolute atomic E-state index is 0.0887. The maximum Gasteiger partial charge on any atom is 0.252 e. The molecule has 1 aliphatic heterocycles. The number of imidazole rings is 1. The molecule has 164 valence electrons. The number of aromatic nitrogens is 2. The maximum absolute atomic E-state index is 13.1. The van der Waals surface area contributed by atoms with E-state index in [9.17, 15) is 13.2 Å². The lowest BCUT2D eigenvalue weighted by atomic mass is 10.2. The van der Waals surface area contributed by atoms with Gasteiger partial charge in [0.05, 0.1) is 21.5 Å². The zero-order valence-corrected chi connectivity index (χ0v) is 18.6. The Morgan fingerprint density at radius 3 is 2.55 bits per heavy atom. The fourth-order valence-corrected chi connectivity index (χ4v) is 5.84. The van der Waals surface area contributed by atoms with Crippen molar-refractivity contribution in [3.63, 3.8) is 0 Å². The Morgan fingerprint density at radius 1 is 1.03 bits per heavy atom. The van der Waals surface area contributed by atoms with Gasteiger partial charge in [-0.15, -0.1) is 0 Å². The molecule has 2 aromatic carbocycles. The zero-order chi connectivity index (χ0) is 21.8. The predicted octanol–water partition coefficient (Wildman–Crippen LogP) is 3.34. The molecule has 1 aromatic heterocycles. The molecule has 31 heavy (non-hydrogen) atoms. The SMILES string of the molecule is Cc1nc2ccccc2n1CCCNC(=O)c1ccccc1S(=O)(=O)N1CCCCC1. The Morgan fingerprint density at radius 2 is 1.74 bits per heavy atom. The summed E-state index contributed by atoms with van der Waals surface area (Å²) in [7, 11) is -3.67. The van der Waals surface area contributed by atoms with Crippen LogP contribution in [-0.2, 0) is 16.6 Å². The molecule has 0 spiro atoms. The summed E-state index contributed by atoms with van der Waals surface area (Å²) < 4.78 is 29.8. The number of piperidine rings is 1.